The molecule has 1 saturated heterocycles. The number of aliphatic imine (C=N–C) groups is 1. The smallest absolute Gasteiger partial charge is 0.191 e. The van der Waals surface area contributed by atoms with Gasteiger partial charge in [0.25, 0.3) is 0 Å². The van der Waals surface area contributed by atoms with E-state index in [0.29, 0.717) is 12.6 Å². The fourth-order valence-corrected chi connectivity index (χ4v) is 2.95. The van der Waals surface area contributed by atoms with Gasteiger partial charge in [0.15, 0.2) is 5.96 Å². The first-order chi connectivity index (χ1) is 12.3. The molecule has 2 N–H and O–H groups in total. The molecule has 2 heterocycles. The molecule has 0 saturated carbocycles. The number of nitrogens with zero attached hydrogens (tertiary/aromatic N) is 3. The lowest BCUT2D eigenvalue weighted by atomic mass is 10.1. The van der Waals surface area contributed by atoms with Gasteiger partial charge in [0.1, 0.15) is 0 Å². The lowest BCUT2D eigenvalue weighted by Crippen LogP contribution is -2.41. The molecule has 1 aromatic carbocycles. The molecule has 0 bridgehead atoms. The second-order valence-corrected chi connectivity index (χ2v) is 6.27. The first-order valence-electron chi connectivity index (χ1n) is 9.01. The van der Waals surface area contributed by atoms with Crippen molar-refractivity contribution in [2.24, 2.45) is 4.99 Å². The summed E-state index contributed by atoms with van der Waals surface area (Å²) in [7, 11) is 0. The number of guanidine groups is 1. The molecule has 7 heteroatoms. The Morgan fingerprint density at radius 2 is 2.23 bits per heavy atom. The maximum Gasteiger partial charge on any atom is 0.191 e. The summed E-state index contributed by atoms with van der Waals surface area (Å²) in [5.41, 5.74) is 2.45. The molecule has 6 nitrogen and oxygen atoms in total. The van der Waals surface area contributed by atoms with Gasteiger partial charge in [-0.25, -0.2) is 9.98 Å². The predicted octanol–water partition coefficient (Wildman–Crippen LogP) is 2.78. The molecule has 0 spiro atoms. The molecule has 0 aliphatic carbocycles. The maximum atomic E-state index is 5.66. The van der Waals surface area contributed by atoms with Crippen molar-refractivity contribution in [3.63, 3.8) is 0 Å². The van der Waals surface area contributed by atoms with Crippen LogP contribution >= 0.6 is 24.0 Å². The van der Waals surface area contributed by atoms with E-state index in [1.165, 1.54) is 11.1 Å². The lowest BCUT2D eigenvalue weighted by Gasteiger charge is -2.15. The number of hydrogen-bond acceptors (Lipinski definition) is 3. The van der Waals surface area contributed by atoms with Gasteiger partial charge in [-0.3, -0.25) is 0 Å². The molecule has 1 aliphatic rings. The van der Waals surface area contributed by atoms with E-state index in [4.69, 9.17) is 9.73 Å². The van der Waals surface area contributed by atoms with Crippen molar-refractivity contribution in [2.45, 2.75) is 39.0 Å². The SMILES string of the molecule is CCNC(=NCc1cccc(Cn2ccnc2)c1)NCC1CCCO1.I. The van der Waals surface area contributed by atoms with Crippen LogP contribution in [-0.2, 0) is 17.8 Å². The number of nitrogens with one attached hydrogen (secondary N) is 2. The van der Waals surface area contributed by atoms with E-state index in [2.05, 4.69) is 51.4 Å². The highest BCUT2D eigenvalue weighted by Gasteiger charge is 2.15. The highest BCUT2D eigenvalue weighted by Crippen LogP contribution is 2.11. The number of halogens is 1. The summed E-state index contributed by atoms with van der Waals surface area (Å²) >= 11 is 0. The van der Waals surface area contributed by atoms with Gasteiger partial charge in [0, 0.05) is 38.6 Å². The van der Waals surface area contributed by atoms with E-state index in [0.717, 1.165) is 45.0 Å². The second-order valence-electron chi connectivity index (χ2n) is 6.27. The Kier molecular flexibility index (Phi) is 8.90. The minimum atomic E-state index is 0. The molecule has 0 amide bonds. The molecule has 2 aromatic rings. The molecule has 1 aromatic heterocycles. The van der Waals surface area contributed by atoms with Crippen LogP contribution in [0.5, 0.6) is 0 Å². The van der Waals surface area contributed by atoms with Gasteiger partial charge in [0.05, 0.1) is 19.0 Å². The molecule has 1 fully saturated rings. The topological polar surface area (TPSA) is 63.5 Å². The van der Waals surface area contributed by atoms with Gasteiger partial charge in [-0.2, -0.15) is 0 Å². The number of hydrogen-bond donors (Lipinski definition) is 2. The van der Waals surface area contributed by atoms with E-state index in [9.17, 15) is 0 Å². The van der Waals surface area contributed by atoms with E-state index in [1.807, 2.05) is 12.5 Å². The summed E-state index contributed by atoms with van der Waals surface area (Å²) in [5, 5.41) is 6.68. The van der Waals surface area contributed by atoms with Crippen molar-refractivity contribution in [3.05, 3.63) is 54.1 Å². The Hall–Kier alpha value is -1.61. The largest absolute Gasteiger partial charge is 0.376 e. The zero-order valence-electron chi connectivity index (χ0n) is 15.2. The van der Waals surface area contributed by atoms with E-state index >= 15 is 0 Å². The third kappa shape index (κ3) is 6.60. The normalized spacial score (nSPS) is 17.0. The molecule has 3 rings (SSSR count). The van der Waals surface area contributed by atoms with E-state index in [-0.39, 0.29) is 24.0 Å². The van der Waals surface area contributed by atoms with Gasteiger partial charge in [-0.1, -0.05) is 24.3 Å². The number of imidazole rings is 1. The fourth-order valence-electron chi connectivity index (χ4n) is 2.95. The zero-order chi connectivity index (χ0) is 17.3. The number of rotatable bonds is 7. The van der Waals surface area contributed by atoms with Gasteiger partial charge < -0.3 is 19.9 Å². The fraction of sp³-hybridized carbons (Fsp3) is 0.474. The molecular weight excluding hydrogens is 441 g/mol. The molecule has 1 atom stereocenters. The zero-order valence-corrected chi connectivity index (χ0v) is 17.6. The standard InChI is InChI=1S/C19H27N5O.HI/c1-2-21-19(23-13-18-7-4-10-25-18)22-12-16-5-3-6-17(11-16)14-24-9-8-20-15-24;/h3,5-6,8-9,11,15,18H,2,4,7,10,12-14H2,1H3,(H2,21,22,23);1H. The monoisotopic (exact) mass is 469 g/mol. The van der Waals surface area contributed by atoms with Crippen molar-refractivity contribution < 1.29 is 4.74 Å². The first kappa shape index (κ1) is 20.7. The number of ether oxygens (including phenoxy) is 1. The first-order valence-corrected chi connectivity index (χ1v) is 9.01. The average molecular weight is 469 g/mol. The molecule has 26 heavy (non-hydrogen) atoms. The Labute approximate surface area is 172 Å². The molecule has 142 valence electrons. The van der Waals surface area contributed by atoms with Crippen LogP contribution in [0.25, 0.3) is 0 Å². The van der Waals surface area contributed by atoms with Crippen LogP contribution in [0, 0.1) is 0 Å². The Balaban J connectivity index is 0.00000243. The minimum absolute atomic E-state index is 0. The summed E-state index contributed by atoms with van der Waals surface area (Å²) in [4.78, 5) is 8.79. The van der Waals surface area contributed by atoms with Crippen molar-refractivity contribution in [1.82, 2.24) is 20.2 Å². The van der Waals surface area contributed by atoms with Gasteiger partial charge in [-0.05, 0) is 30.9 Å². The van der Waals surface area contributed by atoms with Crippen LogP contribution in [0.4, 0.5) is 0 Å². The van der Waals surface area contributed by atoms with Crippen LogP contribution in [0.1, 0.15) is 30.9 Å². The molecule has 1 unspecified atom stereocenters. The summed E-state index contributed by atoms with van der Waals surface area (Å²) in [6.45, 7) is 6.09. The molecular formula is C19H28IN5O. The summed E-state index contributed by atoms with van der Waals surface area (Å²) in [6.07, 6.45) is 8.21. The quantitative estimate of drug-likeness (QED) is 0.372. The Bertz CT molecular complexity index is 668. The predicted molar refractivity (Wildman–Crippen MR) is 115 cm³/mol. The second kappa shape index (κ2) is 11.2. The van der Waals surface area contributed by atoms with Crippen LogP contribution < -0.4 is 10.6 Å². The lowest BCUT2D eigenvalue weighted by molar-refractivity contribution is 0.114. The summed E-state index contributed by atoms with van der Waals surface area (Å²) in [6, 6.07) is 8.54. The molecule has 1 aliphatic heterocycles. The van der Waals surface area contributed by atoms with Crippen molar-refractivity contribution in [2.75, 3.05) is 19.7 Å². The Morgan fingerprint density at radius 1 is 1.35 bits per heavy atom. The van der Waals surface area contributed by atoms with Gasteiger partial charge in [0.2, 0.25) is 0 Å². The third-order valence-electron chi connectivity index (χ3n) is 4.20. The van der Waals surface area contributed by atoms with Gasteiger partial charge in [-0.15, -0.1) is 24.0 Å². The van der Waals surface area contributed by atoms with Crippen LogP contribution in [-0.4, -0.2) is 41.3 Å². The maximum absolute atomic E-state index is 5.66. The highest BCUT2D eigenvalue weighted by atomic mass is 127. The minimum Gasteiger partial charge on any atom is -0.376 e. The highest BCUT2D eigenvalue weighted by molar-refractivity contribution is 14.0. The van der Waals surface area contributed by atoms with Crippen molar-refractivity contribution in [3.8, 4) is 0 Å². The number of aromatic nitrogens is 2. The van der Waals surface area contributed by atoms with Gasteiger partial charge >= 0.3 is 0 Å². The van der Waals surface area contributed by atoms with Crippen LogP contribution in [0.3, 0.4) is 0 Å². The van der Waals surface area contributed by atoms with E-state index < -0.39 is 0 Å². The van der Waals surface area contributed by atoms with Crippen molar-refractivity contribution in [1.29, 1.82) is 0 Å². The number of benzene rings is 1. The summed E-state index contributed by atoms with van der Waals surface area (Å²) < 4.78 is 7.72. The molecule has 0 radical (unpaired) electrons. The summed E-state index contributed by atoms with van der Waals surface area (Å²) in [5.74, 6) is 0.845. The average Bonchev–Trinajstić information content (AvgIpc) is 3.31. The van der Waals surface area contributed by atoms with E-state index in [1.54, 1.807) is 6.20 Å². The Morgan fingerprint density at radius 3 is 2.96 bits per heavy atom. The van der Waals surface area contributed by atoms with Crippen LogP contribution in [0.2, 0.25) is 0 Å². The van der Waals surface area contributed by atoms with Crippen molar-refractivity contribution >= 4 is 29.9 Å². The van der Waals surface area contributed by atoms with Crippen LogP contribution in [0.15, 0.2) is 48.0 Å². The third-order valence-corrected chi connectivity index (χ3v) is 4.20.